The van der Waals surface area contributed by atoms with Crippen molar-refractivity contribution in [1.29, 1.82) is 0 Å². The number of alkyl carbamates (subject to hydrolysis) is 1. The predicted octanol–water partition coefficient (Wildman–Crippen LogP) is 4.45. The monoisotopic (exact) mass is 307 g/mol. The van der Waals surface area contributed by atoms with Gasteiger partial charge in [0.15, 0.2) is 0 Å². The number of rotatable bonds is 1. The molecule has 0 aromatic heterocycles. The highest BCUT2D eigenvalue weighted by atomic mass is 35.5. The standard InChI is InChI=1S/C12H12Cl3NO2/c1-12(2)5-18-11(17)16-10(12)7-3-6(13)4-8(14)9(7)15/h3-4,10H,5H2,1-2H3,(H,16,17)/t10-/m0/s1. The van der Waals surface area contributed by atoms with Crippen molar-refractivity contribution >= 4 is 40.9 Å². The summed E-state index contributed by atoms with van der Waals surface area (Å²) in [5.74, 6) is 0. The summed E-state index contributed by atoms with van der Waals surface area (Å²) in [5, 5.41) is 4.01. The molecule has 1 aliphatic rings. The summed E-state index contributed by atoms with van der Waals surface area (Å²) in [7, 11) is 0. The molecule has 1 aromatic rings. The maximum Gasteiger partial charge on any atom is 0.407 e. The van der Waals surface area contributed by atoms with Crippen molar-refractivity contribution in [1.82, 2.24) is 5.32 Å². The van der Waals surface area contributed by atoms with E-state index in [-0.39, 0.29) is 11.5 Å². The molecular formula is C12H12Cl3NO2. The molecular weight excluding hydrogens is 296 g/mol. The van der Waals surface area contributed by atoms with Crippen LogP contribution in [0.4, 0.5) is 4.79 Å². The van der Waals surface area contributed by atoms with Crippen LogP contribution in [0.1, 0.15) is 25.5 Å². The minimum atomic E-state index is -0.466. The maximum atomic E-state index is 11.4. The van der Waals surface area contributed by atoms with E-state index in [2.05, 4.69) is 5.32 Å². The van der Waals surface area contributed by atoms with E-state index in [1.807, 2.05) is 13.8 Å². The van der Waals surface area contributed by atoms with Crippen molar-refractivity contribution in [2.45, 2.75) is 19.9 Å². The Bertz CT molecular complexity index is 502. The Morgan fingerprint density at radius 2 is 2.00 bits per heavy atom. The second-order valence-electron chi connectivity index (χ2n) is 4.93. The average Bonchev–Trinajstić information content (AvgIpc) is 2.27. The second-order valence-corrected chi connectivity index (χ2v) is 6.15. The van der Waals surface area contributed by atoms with Crippen LogP contribution >= 0.6 is 34.8 Å². The number of carbonyl (C=O) groups excluding carboxylic acids is 1. The van der Waals surface area contributed by atoms with E-state index in [4.69, 9.17) is 39.5 Å². The molecule has 6 heteroatoms. The van der Waals surface area contributed by atoms with Gasteiger partial charge in [-0.1, -0.05) is 48.7 Å². The molecule has 0 spiro atoms. The number of benzene rings is 1. The summed E-state index contributed by atoms with van der Waals surface area (Å²) >= 11 is 18.2. The van der Waals surface area contributed by atoms with Gasteiger partial charge in [0.1, 0.15) is 6.61 Å². The van der Waals surface area contributed by atoms with E-state index in [0.29, 0.717) is 27.2 Å². The molecule has 1 saturated heterocycles. The molecule has 3 nitrogen and oxygen atoms in total. The van der Waals surface area contributed by atoms with E-state index < -0.39 is 6.09 Å². The number of hydrogen-bond acceptors (Lipinski definition) is 2. The second kappa shape index (κ2) is 4.80. The zero-order valence-electron chi connectivity index (χ0n) is 9.89. The minimum absolute atomic E-state index is 0.289. The minimum Gasteiger partial charge on any atom is -0.449 e. The Hall–Kier alpha value is -0.640. The van der Waals surface area contributed by atoms with Crippen LogP contribution < -0.4 is 5.32 Å². The van der Waals surface area contributed by atoms with Crippen LogP contribution in [0.25, 0.3) is 0 Å². The summed E-state index contributed by atoms with van der Waals surface area (Å²) in [6, 6.07) is 3.00. The van der Waals surface area contributed by atoms with Gasteiger partial charge in [0.05, 0.1) is 16.1 Å². The van der Waals surface area contributed by atoms with E-state index >= 15 is 0 Å². The Morgan fingerprint density at radius 3 is 2.67 bits per heavy atom. The zero-order chi connectivity index (χ0) is 13.5. The molecule has 1 fully saturated rings. The lowest BCUT2D eigenvalue weighted by molar-refractivity contribution is 0.0388. The fourth-order valence-electron chi connectivity index (χ4n) is 1.97. The van der Waals surface area contributed by atoms with Gasteiger partial charge in [0, 0.05) is 10.4 Å². The number of halogens is 3. The van der Waals surface area contributed by atoms with Crippen LogP contribution in [-0.2, 0) is 4.74 Å². The lowest BCUT2D eigenvalue weighted by Gasteiger charge is -2.39. The van der Waals surface area contributed by atoms with Gasteiger partial charge in [-0.15, -0.1) is 0 Å². The van der Waals surface area contributed by atoms with Crippen LogP contribution in [0.15, 0.2) is 12.1 Å². The lowest BCUT2D eigenvalue weighted by Crippen LogP contribution is -2.47. The quantitative estimate of drug-likeness (QED) is 0.778. The van der Waals surface area contributed by atoms with Gasteiger partial charge in [0.25, 0.3) is 0 Å². The number of hydrogen-bond donors (Lipinski definition) is 1. The molecule has 0 radical (unpaired) electrons. The lowest BCUT2D eigenvalue weighted by atomic mass is 9.80. The number of cyclic esters (lactones) is 1. The van der Waals surface area contributed by atoms with E-state index in [1.165, 1.54) is 0 Å². The third-order valence-electron chi connectivity index (χ3n) is 2.95. The molecule has 0 aliphatic carbocycles. The van der Waals surface area contributed by atoms with Crippen molar-refractivity contribution in [3.05, 3.63) is 32.8 Å². The third-order valence-corrected chi connectivity index (χ3v) is 3.99. The largest absolute Gasteiger partial charge is 0.449 e. The molecule has 0 saturated carbocycles. The van der Waals surface area contributed by atoms with Gasteiger partial charge in [-0.25, -0.2) is 4.79 Å². The average molecular weight is 309 g/mol. The van der Waals surface area contributed by atoms with Crippen molar-refractivity contribution in [2.75, 3.05) is 6.61 Å². The first kappa shape index (κ1) is 13.8. The first-order chi connectivity index (χ1) is 8.31. The van der Waals surface area contributed by atoms with Gasteiger partial charge in [-0.05, 0) is 17.7 Å². The first-order valence-corrected chi connectivity index (χ1v) is 6.52. The van der Waals surface area contributed by atoms with Gasteiger partial charge in [-0.2, -0.15) is 0 Å². The van der Waals surface area contributed by atoms with Crippen LogP contribution in [0.2, 0.25) is 15.1 Å². The number of amides is 1. The molecule has 0 unspecified atom stereocenters. The molecule has 1 N–H and O–H groups in total. The SMILES string of the molecule is CC1(C)COC(=O)N[C@H]1c1cc(Cl)cc(Cl)c1Cl. The Morgan fingerprint density at radius 1 is 1.33 bits per heavy atom. The van der Waals surface area contributed by atoms with Crippen molar-refractivity contribution < 1.29 is 9.53 Å². The maximum absolute atomic E-state index is 11.4. The Labute approximate surface area is 120 Å². The van der Waals surface area contributed by atoms with Crippen LogP contribution in [0, 0.1) is 5.41 Å². The zero-order valence-corrected chi connectivity index (χ0v) is 12.2. The summed E-state index contributed by atoms with van der Waals surface area (Å²) in [6.45, 7) is 4.26. The first-order valence-electron chi connectivity index (χ1n) is 5.39. The Kier molecular flexibility index (Phi) is 3.67. The summed E-state index contributed by atoms with van der Waals surface area (Å²) in [4.78, 5) is 11.4. The summed E-state index contributed by atoms with van der Waals surface area (Å²) in [6.07, 6.45) is -0.466. The van der Waals surface area contributed by atoms with Crippen LogP contribution in [-0.4, -0.2) is 12.7 Å². The van der Waals surface area contributed by atoms with Crippen molar-refractivity contribution in [2.24, 2.45) is 5.41 Å². The highest BCUT2D eigenvalue weighted by Gasteiger charge is 2.39. The van der Waals surface area contributed by atoms with E-state index in [0.717, 1.165) is 0 Å². The molecule has 1 aliphatic heterocycles. The molecule has 1 heterocycles. The number of ether oxygens (including phenoxy) is 1. The highest BCUT2D eigenvalue weighted by molar-refractivity contribution is 6.43. The summed E-state index contributed by atoms with van der Waals surface area (Å²) in [5.41, 5.74) is 0.404. The van der Waals surface area contributed by atoms with Gasteiger partial charge in [0.2, 0.25) is 0 Å². The Balaban J connectivity index is 2.49. The van der Waals surface area contributed by atoms with Crippen LogP contribution in [0.3, 0.4) is 0 Å². The van der Waals surface area contributed by atoms with Gasteiger partial charge < -0.3 is 10.1 Å². The fourth-order valence-corrected chi connectivity index (χ4v) is 2.70. The predicted molar refractivity (Wildman–Crippen MR) is 72.5 cm³/mol. The van der Waals surface area contributed by atoms with Gasteiger partial charge in [-0.3, -0.25) is 0 Å². The topological polar surface area (TPSA) is 38.3 Å². The normalized spacial score (nSPS) is 22.3. The van der Waals surface area contributed by atoms with Crippen molar-refractivity contribution in [3.8, 4) is 0 Å². The highest BCUT2D eigenvalue weighted by Crippen LogP contribution is 2.42. The molecule has 0 bridgehead atoms. The molecule has 98 valence electrons. The molecule has 18 heavy (non-hydrogen) atoms. The van der Waals surface area contributed by atoms with Crippen LogP contribution in [0.5, 0.6) is 0 Å². The van der Waals surface area contributed by atoms with Gasteiger partial charge >= 0.3 is 6.09 Å². The smallest absolute Gasteiger partial charge is 0.407 e. The molecule has 1 amide bonds. The molecule has 1 aromatic carbocycles. The summed E-state index contributed by atoms with van der Waals surface area (Å²) < 4.78 is 4.99. The number of carbonyl (C=O) groups is 1. The van der Waals surface area contributed by atoms with E-state index in [1.54, 1.807) is 12.1 Å². The number of nitrogens with one attached hydrogen (secondary N) is 1. The fraction of sp³-hybridized carbons (Fsp3) is 0.417. The van der Waals surface area contributed by atoms with Crippen molar-refractivity contribution in [3.63, 3.8) is 0 Å². The molecule has 1 atom stereocenters. The molecule has 2 rings (SSSR count). The third kappa shape index (κ3) is 2.53. The van der Waals surface area contributed by atoms with E-state index in [9.17, 15) is 4.79 Å².